The van der Waals surface area contributed by atoms with Gasteiger partial charge >= 0.3 is 12.1 Å². The molecule has 7 nitrogen and oxygen atoms in total. The summed E-state index contributed by atoms with van der Waals surface area (Å²) < 4.78 is 10.5. The van der Waals surface area contributed by atoms with Crippen LogP contribution in [0.5, 0.6) is 0 Å². The van der Waals surface area contributed by atoms with Crippen molar-refractivity contribution in [2.75, 3.05) is 26.5 Å². The van der Waals surface area contributed by atoms with Crippen molar-refractivity contribution in [3.63, 3.8) is 0 Å². The quantitative estimate of drug-likeness (QED) is 0.461. The van der Waals surface area contributed by atoms with Crippen LogP contribution in [0.3, 0.4) is 0 Å². The van der Waals surface area contributed by atoms with Crippen LogP contribution in [0, 0.1) is 0 Å². The molecule has 0 aliphatic carbocycles. The largest absolute Gasteiger partial charge is 0.468 e. The predicted molar refractivity (Wildman–Crippen MR) is 94.5 cm³/mol. The zero-order chi connectivity index (χ0) is 18.7. The molecule has 1 saturated heterocycles. The van der Waals surface area contributed by atoms with Crippen molar-refractivity contribution in [2.45, 2.75) is 49.8 Å². The number of ether oxygens (including phenoxy) is 2. The second-order valence-corrected chi connectivity index (χ2v) is 7.74. The van der Waals surface area contributed by atoms with Crippen molar-refractivity contribution in [1.82, 2.24) is 14.9 Å². The lowest BCUT2D eigenvalue weighted by atomic mass is 9.75. The molecule has 1 aliphatic heterocycles. The van der Waals surface area contributed by atoms with Crippen LogP contribution in [0.25, 0.3) is 0 Å². The molecule has 8 heteroatoms. The minimum atomic E-state index is -0.860. The Labute approximate surface area is 152 Å². The molecule has 1 aliphatic rings. The Morgan fingerprint density at radius 2 is 1.92 bits per heavy atom. The Morgan fingerprint density at radius 3 is 2.44 bits per heavy atom. The fraction of sp³-hybridized carbons (Fsp3) is 0.647. The number of hydrogen-bond donors (Lipinski definition) is 0. The Kier molecular flexibility index (Phi) is 5.92. The molecular weight excluding hydrogens is 342 g/mol. The lowest BCUT2D eigenvalue weighted by molar-refractivity contribution is -0.150. The maximum Gasteiger partial charge on any atom is 0.410 e. The second kappa shape index (κ2) is 7.59. The van der Waals surface area contributed by atoms with Crippen LogP contribution in [-0.2, 0) is 19.7 Å². The van der Waals surface area contributed by atoms with E-state index >= 15 is 0 Å². The number of esters is 1. The lowest BCUT2D eigenvalue weighted by Gasteiger charge is -2.39. The number of thioether (sulfide) groups is 1. The van der Waals surface area contributed by atoms with Crippen molar-refractivity contribution in [3.05, 3.63) is 18.0 Å². The summed E-state index contributed by atoms with van der Waals surface area (Å²) in [6.45, 7) is 6.31. The molecule has 1 amide bonds. The number of piperidine rings is 1. The SMILES string of the molecule is COC(=O)C1(c2ccnc(SC)n2)CCN(C(=O)OC(C)(C)C)CC1. The Bertz CT molecular complexity index is 637. The summed E-state index contributed by atoms with van der Waals surface area (Å²) >= 11 is 1.42. The average molecular weight is 367 g/mol. The van der Waals surface area contributed by atoms with Crippen LogP contribution in [-0.4, -0.2) is 59.0 Å². The number of carbonyl (C=O) groups is 2. The minimum Gasteiger partial charge on any atom is -0.468 e. The van der Waals surface area contributed by atoms with E-state index in [-0.39, 0.29) is 12.1 Å². The average Bonchev–Trinajstić information content (AvgIpc) is 2.59. The van der Waals surface area contributed by atoms with Crippen molar-refractivity contribution in [1.29, 1.82) is 0 Å². The van der Waals surface area contributed by atoms with Crippen molar-refractivity contribution in [2.24, 2.45) is 0 Å². The number of carbonyl (C=O) groups excluding carboxylic acids is 2. The number of likely N-dealkylation sites (tertiary alicyclic amines) is 1. The first kappa shape index (κ1) is 19.5. The van der Waals surface area contributed by atoms with Crippen LogP contribution >= 0.6 is 11.8 Å². The fourth-order valence-corrected chi connectivity index (χ4v) is 3.22. The van der Waals surface area contributed by atoms with Gasteiger partial charge in [-0.2, -0.15) is 0 Å². The van der Waals surface area contributed by atoms with Gasteiger partial charge in [-0.3, -0.25) is 4.79 Å². The van der Waals surface area contributed by atoms with Gasteiger partial charge in [-0.25, -0.2) is 14.8 Å². The highest BCUT2D eigenvalue weighted by Crippen LogP contribution is 2.36. The van der Waals surface area contributed by atoms with Gasteiger partial charge in [0, 0.05) is 19.3 Å². The molecule has 138 valence electrons. The Balaban J connectivity index is 2.22. The molecule has 25 heavy (non-hydrogen) atoms. The zero-order valence-corrected chi connectivity index (χ0v) is 16.2. The molecule has 1 fully saturated rings. The highest BCUT2D eigenvalue weighted by atomic mass is 32.2. The molecule has 0 saturated carbocycles. The number of nitrogens with zero attached hydrogens (tertiary/aromatic N) is 3. The third-order valence-corrected chi connectivity index (χ3v) is 4.71. The van der Waals surface area contributed by atoms with Gasteiger partial charge in [0.25, 0.3) is 0 Å². The van der Waals surface area contributed by atoms with Gasteiger partial charge in [0.15, 0.2) is 5.16 Å². The summed E-state index contributed by atoms with van der Waals surface area (Å²) in [5.41, 5.74) is -0.767. The number of aromatic nitrogens is 2. The molecule has 0 N–H and O–H groups in total. The van der Waals surface area contributed by atoms with Crippen molar-refractivity contribution in [3.8, 4) is 0 Å². The van der Waals surface area contributed by atoms with Crippen LogP contribution in [0.15, 0.2) is 17.4 Å². The van der Waals surface area contributed by atoms with E-state index in [9.17, 15) is 9.59 Å². The van der Waals surface area contributed by atoms with Gasteiger partial charge in [0.1, 0.15) is 11.0 Å². The van der Waals surface area contributed by atoms with Gasteiger partial charge in [-0.1, -0.05) is 11.8 Å². The van der Waals surface area contributed by atoms with Crippen LogP contribution in [0.1, 0.15) is 39.3 Å². The van der Waals surface area contributed by atoms with E-state index in [1.807, 2.05) is 27.0 Å². The van der Waals surface area contributed by atoms with E-state index in [4.69, 9.17) is 9.47 Å². The molecule has 2 rings (SSSR count). The first-order valence-corrected chi connectivity index (χ1v) is 9.38. The minimum absolute atomic E-state index is 0.331. The number of rotatable bonds is 3. The molecule has 1 aromatic heterocycles. The van der Waals surface area contributed by atoms with E-state index in [1.54, 1.807) is 17.2 Å². The zero-order valence-electron chi connectivity index (χ0n) is 15.4. The van der Waals surface area contributed by atoms with Gasteiger partial charge in [0.05, 0.1) is 12.8 Å². The topological polar surface area (TPSA) is 81.6 Å². The monoisotopic (exact) mass is 367 g/mol. The van der Waals surface area contributed by atoms with Crippen molar-refractivity contribution >= 4 is 23.8 Å². The summed E-state index contributed by atoms with van der Waals surface area (Å²) in [5.74, 6) is -0.331. The normalized spacial score (nSPS) is 17.1. The standard InChI is InChI=1S/C17H25N3O4S/c1-16(2,3)24-15(22)20-10-7-17(8-11-20,13(21)23-4)12-6-9-18-14(19-12)25-5/h6,9H,7-8,10-11H2,1-5H3. The fourth-order valence-electron chi connectivity index (χ4n) is 2.86. The van der Waals surface area contributed by atoms with E-state index < -0.39 is 11.0 Å². The smallest absolute Gasteiger partial charge is 0.410 e. The maximum atomic E-state index is 12.6. The van der Waals surface area contributed by atoms with Crippen LogP contribution in [0.2, 0.25) is 0 Å². The number of hydrogen-bond acceptors (Lipinski definition) is 7. The molecule has 2 heterocycles. The van der Waals surface area contributed by atoms with Crippen LogP contribution < -0.4 is 0 Å². The second-order valence-electron chi connectivity index (χ2n) is 6.97. The first-order chi connectivity index (χ1) is 11.7. The van der Waals surface area contributed by atoms with E-state index in [2.05, 4.69) is 9.97 Å². The molecule has 0 radical (unpaired) electrons. The highest BCUT2D eigenvalue weighted by molar-refractivity contribution is 7.98. The summed E-state index contributed by atoms with van der Waals surface area (Å²) in [4.78, 5) is 35.1. The Morgan fingerprint density at radius 1 is 1.28 bits per heavy atom. The molecule has 0 unspecified atom stereocenters. The Hall–Kier alpha value is -1.83. The molecule has 0 aromatic carbocycles. The number of methoxy groups -OCH3 is 1. The van der Waals surface area contributed by atoms with E-state index in [1.165, 1.54) is 18.9 Å². The van der Waals surface area contributed by atoms with Crippen molar-refractivity contribution < 1.29 is 19.1 Å². The first-order valence-electron chi connectivity index (χ1n) is 8.16. The molecular formula is C17H25N3O4S. The number of amides is 1. The summed E-state index contributed by atoms with van der Waals surface area (Å²) in [7, 11) is 1.38. The van der Waals surface area contributed by atoms with Gasteiger partial charge < -0.3 is 14.4 Å². The van der Waals surface area contributed by atoms with E-state index in [0.29, 0.717) is 36.8 Å². The van der Waals surface area contributed by atoms with Gasteiger partial charge in [-0.05, 0) is 45.9 Å². The summed E-state index contributed by atoms with van der Waals surface area (Å²) in [6, 6.07) is 1.75. The molecule has 0 bridgehead atoms. The van der Waals surface area contributed by atoms with Crippen LogP contribution in [0.4, 0.5) is 4.79 Å². The summed E-state index contributed by atoms with van der Waals surface area (Å²) in [6.07, 6.45) is 4.04. The third-order valence-electron chi connectivity index (χ3n) is 4.15. The molecule has 1 aromatic rings. The van der Waals surface area contributed by atoms with Gasteiger partial charge in [-0.15, -0.1) is 0 Å². The summed E-state index contributed by atoms with van der Waals surface area (Å²) in [5, 5.41) is 0.607. The highest BCUT2D eigenvalue weighted by Gasteiger charge is 2.46. The van der Waals surface area contributed by atoms with Gasteiger partial charge in [0.2, 0.25) is 0 Å². The third kappa shape index (κ3) is 4.42. The van der Waals surface area contributed by atoms with E-state index in [0.717, 1.165) is 0 Å². The lowest BCUT2D eigenvalue weighted by Crippen LogP contribution is -2.50. The predicted octanol–water partition coefficient (Wildman–Crippen LogP) is 2.64. The molecule has 0 spiro atoms. The molecule has 0 atom stereocenters. The maximum absolute atomic E-state index is 12.6.